The third-order valence-electron chi connectivity index (χ3n) is 1.90. The first-order valence-electron chi connectivity index (χ1n) is 4.21. The van der Waals surface area contributed by atoms with Gasteiger partial charge in [-0.3, -0.25) is 0 Å². The molecule has 1 aromatic heterocycles. The number of hydrogen-bond donors (Lipinski definition) is 1. The lowest BCUT2D eigenvalue weighted by Gasteiger charge is -2.15. The van der Waals surface area contributed by atoms with Crippen LogP contribution in [0.5, 0.6) is 0 Å². The van der Waals surface area contributed by atoms with E-state index in [4.69, 9.17) is 10.4 Å². The van der Waals surface area contributed by atoms with Gasteiger partial charge >= 0.3 is 6.18 Å². The molecular weight excluding hydrogens is 247 g/mol. The van der Waals surface area contributed by atoms with Crippen molar-refractivity contribution >= 4 is 0 Å². The van der Waals surface area contributed by atoms with Crippen LogP contribution in [0, 0.1) is 11.3 Å². The number of aliphatic hydroxyl groups excluding tert-OH is 1. The number of aliphatic hydroxyl groups is 1. The van der Waals surface area contributed by atoms with Gasteiger partial charge in [-0.15, -0.1) is 0 Å². The van der Waals surface area contributed by atoms with Crippen LogP contribution in [0.15, 0.2) is 6.07 Å². The first-order valence-corrected chi connectivity index (χ1v) is 4.21. The van der Waals surface area contributed by atoms with Crippen molar-refractivity contribution in [3.63, 3.8) is 0 Å². The lowest BCUT2D eigenvalue weighted by atomic mass is 10.0. The second-order valence-electron chi connectivity index (χ2n) is 3.00. The van der Waals surface area contributed by atoms with E-state index in [0.717, 1.165) is 0 Å². The Bertz CT molecular complexity index is 464. The van der Waals surface area contributed by atoms with Crippen molar-refractivity contribution in [2.75, 3.05) is 0 Å². The summed E-state index contributed by atoms with van der Waals surface area (Å²) in [5.74, 6) is 0. The lowest BCUT2D eigenvalue weighted by molar-refractivity contribution is -0.141. The average molecular weight is 252 g/mol. The minimum Gasteiger partial charge on any atom is -0.392 e. The molecule has 0 fully saturated rings. The van der Waals surface area contributed by atoms with Gasteiger partial charge in [0.2, 0.25) is 0 Å². The Kier molecular flexibility index (Phi) is 3.63. The van der Waals surface area contributed by atoms with Crippen LogP contribution in [0.4, 0.5) is 22.0 Å². The molecule has 0 radical (unpaired) electrons. The molecule has 0 aliphatic heterocycles. The van der Waals surface area contributed by atoms with E-state index in [-0.39, 0.29) is 0 Å². The van der Waals surface area contributed by atoms with Crippen LogP contribution in [0.2, 0.25) is 0 Å². The van der Waals surface area contributed by atoms with Crippen LogP contribution in [-0.2, 0) is 12.8 Å². The fraction of sp³-hybridized carbons (Fsp3) is 0.333. The summed E-state index contributed by atoms with van der Waals surface area (Å²) in [5.41, 5.74) is -4.62. The highest BCUT2D eigenvalue weighted by atomic mass is 19.4. The van der Waals surface area contributed by atoms with E-state index < -0.39 is 41.7 Å². The lowest BCUT2D eigenvalue weighted by Crippen LogP contribution is -2.16. The molecule has 0 saturated carbocycles. The van der Waals surface area contributed by atoms with E-state index in [9.17, 15) is 22.0 Å². The second-order valence-corrected chi connectivity index (χ2v) is 3.00. The summed E-state index contributed by atoms with van der Waals surface area (Å²) in [4.78, 5) is 2.92. The van der Waals surface area contributed by atoms with Gasteiger partial charge in [0, 0.05) is 0 Å². The minimum atomic E-state index is -5.06. The van der Waals surface area contributed by atoms with Crippen molar-refractivity contribution in [2.45, 2.75) is 19.2 Å². The number of rotatable bonds is 2. The monoisotopic (exact) mass is 252 g/mol. The van der Waals surface area contributed by atoms with E-state index in [1.807, 2.05) is 0 Å². The van der Waals surface area contributed by atoms with Gasteiger partial charge in [0.25, 0.3) is 6.43 Å². The summed E-state index contributed by atoms with van der Waals surface area (Å²) >= 11 is 0. The molecule has 1 N–H and O–H groups in total. The zero-order valence-corrected chi connectivity index (χ0v) is 8.09. The molecule has 0 aromatic carbocycles. The first kappa shape index (κ1) is 13.3. The maximum Gasteiger partial charge on any atom is 0.418 e. The van der Waals surface area contributed by atoms with Crippen LogP contribution in [-0.4, -0.2) is 10.1 Å². The SMILES string of the molecule is N#Cc1cc(CO)c(C(F)(F)F)c(C(F)F)n1. The summed E-state index contributed by atoms with van der Waals surface area (Å²) in [6.07, 6.45) is -8.55. The molecule has 0 saturated heterocycles. The fourth-order valence-corrected chi connectivity index (χ4v) is 1.29. The number of nitrogens with zero attached hydrogens (tertiary/aromatic N) is 2. The molecular formula is C9H5F5N2O. The first-order chi connectivity index (χ1) is 7.81. The quantitative estimate of drug-likeness (QED) is 0.822. The van der Waals surface area contributed by atoms with Gasteiger partial charge in [-0.05, 0) is 11.6 Å². The standard InChI is InChI=1S/C9H5F5N2O/c10-8(11)7-6(9(12,13)14)4(3-17)1-5(2-15)16-7/h1,8,17H,3H2. The number of pyridine rings is 1. The van der Waals surface area contributed by atoms with Gasteiger partial charge < -0.3 is 5.11 Å². The molecule has 1 rings (SSSR count). The Morgan fingerprint density at radius 3 is 2.35 bits per heavy atom. The van der Waals surface area contributed by atoms with Gasteiger partial charge in [0.15, 0.2) is 0 Å². The summed E-state index contributed by atoms with van der Waals surface area (Å²) in [5, 5.41) is 17.2. The number of aromatic nitrogens is 1. The van der Waals surface area contributed by atoms with Crippen molar-refractivity contribution < 1.29 is 27.1 Å². The van der Waals surface area contributed by atoms with Crippen molar-refractivity contribution in [1.82, 2.24) is 4.98 Å². The van der Waals surface area contributed by atoms with Crippen molar-refractivity contribution in [3.05, 3.63) is 28.6 Å². The van der Waals surface area contributed by atoms with Crippen molar-refractivity contribution in [2.24, 2.45) is 0 Å². The average Bonchev–Trinajstić information content (AvgIpc) is 2.25. The van der Waals surface area contributed by atoms with Gasteiger partial charge in [-0.2, -0.15) is 18.4 Å². The Hall–Kier alpha value is -1.75. The molecule has 0 unspecified atom stereocenters. The molecule has 92 valence electrons. The van der Waals surface area contributed by atoms with Gasteiger partial charge in [-0.25, -0.2) is 13.8 Å². The summed E-state index contributed by atoms with van der Waals surface area (Å²) in [7, 11) is 0. The Balaban J connectivity index is 3.60. The van der Waals surface area contributed by atoms with E-state index in [1.54, 1.807) is 0 Å². The maximum absolute atomic E-state index is 12.5. The Morgan fingerprint density at radius 1 is 1.41 bits per heavy atom. The second kappa shape index (κ2) is 4.63. The predicted molar refractivity (Wildman–Crippen MR) is 44.8 cm³/mol. The highest BCUT2D eigenvalue weighted by molar-refractivity contribution is 5.39. The number of halogens is 5. The molecule has 1 heterocycles. The van der Waals surface area contributed by atoms with Crippen LogP contribution in [0.3, 0.4) is 0 Å². The number of hydrogen-bond acceptors (Lipinski definition) is 3. The summed E-state index contributed by atoms with van der Waals surface area (Å²) in [6, 6.07) is 1.99. The highest BCUT2D eigenvalue weighted by Gasteiger charge is 2.39. The Morgan fingerprint density at radius 2 is 2.00 bits per heavy atom. The molecule has 0 aliphatic rings. The molecule has 17 heavy (non-hydrogen) atoms. The minimum absolute atomic E-state index is 0.600. The van der Waals surface area contributed by atoms with Crippen LogP contribution in [0.25, 0.3) is 0 Å². The van der Waals surface area contributed by atoms with E-state index in [0.29, 0.717) is 6.07 Å². The van der Waals surface area contributed by atoms with Gasteiger partial charge in [-0.1, -0.05) is 0 Å². The number of alkyl halides is 5. The molecule has 0 aliphatic carbocycles. The zero-order valence-electron chi connectivity index (χ0n) is 8.09. The van der Waals surface area contributed by atoms with Crippen molar-refractivity contribution in [1.29, 1.82) is 5.26 Å². The zero-order chi connectivity index (χ0) is 13.2. The molecule has 8 heteroatoms. The van der Waals surface area contributed by atoms with Crippen LogP contribution in [0.1, 0.15) is 28.9 Å². The smallest absolute Gasteiger partial charge is 0.392 e. The topological polar surface area (TPSA) is 56.9 Å². The normalized spacial score (nSPS) is 11.6. The summed E-state index contributed by atoms with van der Waals surface area (Å²) < 4.78 is 62.4. The molecule has 1 aromatic rings. The number of nitriles is 1. The van der Waals surface area contributed by atoms with Crippen LogP contribution >= 0.6 is 0 Å². The highest BCUT2D eigenvalue weighted by Crippen LogP contribution is 2.38. The Labute approximate surface area is 92.1 Å². The van der Waals surface area contributed by atoms with E-state index >= 15 is 0 Å². The third-order valence-corrected chi connectivity index (χ3v) is 1.90. The molecule has 3 nitrogen and oxygen atoms in total. The predicted octanol–water partition coefficient (Wildman–Crippen LogP) is 2.40. The van der Waals surface area contributed by atoms with Crippen LogP contribution < -0.4 is 0 Å². The van der Waals surface area contributed by atoms with Crippen molar-refractivity contribution in [3.8, 4) is 6.07 Å². The van der Waals surface area contributed by atoms with E-state index in [1.165, 1.54) is 6.07 Å². The fourth-order valence-electron chi connectivity index (χ4n) is 1.29. The summed E-state index contributed by atoms with van der Waals surface area (Å²) in [6.45, 7) is -1.11. The molecule has 0 spiro atoms. The van der Waals surface area contributed by atoms with Gasteiger partial charge in [0.05, 0.1) is 12.2 Å². The third kappa shape index (κ3) is 2.68. The molecule has 0 atom stereocenters. The maximum atomic E-state index is 12.5. The largest absolute Gasteiger partial charge is 0.418 e. The van der Waals surface area contributed by atoms with Gasteiger partial charge in [0.1, 0.15) is 17.5 Å². The van der Waals surface area contributed by atoms with E-state index in [2.05, 4.69) is 4.98 Å². The molecule has 0 amide bonds. The molecule has 0 bridgehead atoms.